The van der Waals surface area contributed by atoms with Gasteiger partial charge >= 0.3 is 0 Å². The van der Waals surface area contributed by atoms with Gasteiger partial charge in [-0.25, -0.2) is 0 Å². The predicted molar refractivity (Wildman–Crippen MR) is 258 cm³/mol. The number of hydrogen-bond donors (Lipinski definition) is 0. The molecule has 0 fully saturated rings. The van der Waals surface area contributed by atoms with Gasteiger partial charge in [0.15, 0.2) is 0 Å². The summed E-state index contributed by atoms with van der Waals surface area (Å²) in [5.74, 6) is 0. The molecule has 1 heteroatoms. The standard InChI is InChI=1S/C60H47N/c1-59(2)53-26-10-8-22-51(53)57-49(24-14-28-55(57)59)44-18-12-20-47(38-44)61(46-36-34-43(35-37-46)42-32-30-41(31-33-42)40-16-6-5-7-17-40)48-21-13-19-45(39-48)50-25-15-29-56-58(50)52-23-9-11-27-54(52)60(56,3)4/h5-39H,1-4H3. The third-order valence-corrected chi connectivity index (χ3v) is 13.5. The van der Waals surface area contributed by atoms with E-state index in [2.05, 4.69) is 245 Å². The summed E-state index contributed by atoms with van der Waals surface area (Å²) < 4.78 is 0. The van der Waals surface area contributed by atoms with Crippen LogP contribution >= 0.6 is 0 Å². The molecule has 0 unspecified atom stereocenters. The zero-order chi connectivity index (χ0) is 41.3. The average molecular weight is 782 g/mol. The number of nitrogens with zero attached hydrogens (tertiary/aromatic N) is 1. The van der Waals surface area contributed by atoms with Gasteiger partial charge in [-0.15, -0.1) is 0 Å². The molecule has 0 aromatic heterocycles. The van der Waals surface area contributed by atoms with E-state index in [1.807, 2.05) is 0 Å². The van der Waals surface area contributed by atoms with Crippen LogP contribution in [0.5, 0.6) is 0 Å². The zero-order valence-corrected chi connectivity index (χ0v) is 35.2. The fraction of sp³-hybridized carbons (Fsp3) is 0.100. The van der Waals surface area contributed by atoms with E-state index < -0.39 is 0 Å². The number of rotatable bonds is 7. The van der Waals surface area contributed by atoms with Crippen LogP contribution in [0.15, 0.2) is 212 Å². The largest absolute Gasteiger partial charge is 0.310 e. The molecule has 0 saturated heterocycles. The molecule has 0 saturated carbocycles. The summed E-state index contributed by atoms with van der Waals surface area (Å²) >= 11 is 0. The zero-order valence-electron chi connectivity index (χ0n) is 35.2. The average Bonchev–Trinajstić information content (AvgIpc) is 3.70. The molecular formula is C60H47N. The van der Waals surface area contributed by atoms with Gasteiger partial charge in [-0.2, -0.15) is 0 Å². The van der Waals surface area contributed by atoms with Crippen LogP contribution < -0.4 is 4.90 Å². The Kier molecular flexibility index (Phi) is 8.58. The van der Waals surface area contributed by atoms with E-state index in [9.17, 15) is 0 Å². The van der Waals surface area contributed by atoms with Gasteiger partial charge in [0.05, 0.1) is 0 Å². The van der Waals surface area contributed by atoms with Crippen molar-refractivity contribution >= 4 is 17.1 Å². The lowest BCUT2D eigenvalue weighted by Gasteiger charge is -2.27. The van der Waals surface area contributed by atoms with Gasteiger partial charge in [-0.3, -0.25) is 0 Å². The molecule has 0 N–H and O–H groups in total. The van der Waals surface area contributed by atoms with Gasteiger partial charge in [-0.05, 0) is 125 Å². The number of anilines is 3. The van der Waals surface area contributed by atoms with E-state index in [4.69, 9.17) is 0 Å². The molecule has 61 heavy (non-hydrogen) atoms. The normalized spacial score (nSPS) is 13.8. The molecule has 9 aromatic carbocycles. The molecule has 0 bridgehead atoms. The molecule has 11 rings (SSSR count). The van der Waals surface area contributed by atoms with Gasteiger partial charge in [0.2, 0.25) is 0 Å². The second-order valence-electron chi connectivity index (χ2n) is 17.7. The second-order valence-corrected chi connectivity index (χ2v) is 17.7. The van der Waals surface area contributed by atoms with Crippen molar-refractivity contribution in [3.8, 4) is 66.8 Å². The molecular weight excluding hydrogens is 735 g/mol. The first kappa shape index (κ1) is 36.8. The molecule has 0 spiro atoms. The van der Waals surface area contributed by atoms with Crippen LogP contribution in [0.4, 0.5) is 17.1 Å². The maximum Gasteiger partial charge on any atom is 0.0467 e. The fourth-order valence-corrected chi connectivity index (χ4v) is 10.4. The first-order valence-corrected chi connectivity index (χ1v) is 21.5. The van der Waals surface area contributed by atoms with E-state index in [1.54, 1.807) is 0 Å². The summed E-state index contributed by atoms with van der Waals surface area (Å²) in [6.07, 6.45) is 0. The number of hydrogen-bond acceptors (Lipinski definition) is 1. The molecule has 0 aliphatic heterocycles. The lowest BCUT2D eigenvalue weighted by Crippen LogP contribution is -2.14. The molecule has 2 aliphatic carbocycles. The van der Waals surface area contributed by atoms with E-state index in [0.29, 0.717) is 0 Å². The van der Waals surface area contributed by atoms with Gasteiger partial charge in [0.25, 0.3) is 0 Å². The Balaban J connectivity index is 1.04. The summed E-state index contributed by atoms with van der Waals surface area (Å²) in [5.41, 5.74) is 23.9. The first-order chi connectivity index (χ1) is 29.8. The minimum atomic E-state index is -0.0665. The van der Waals surface area contributed by atoms with Crippen molar-refractivity contribution in [2.45, 2.75) is 38.5 Å². The molecule has 0 amide bonds. The van der Waals surface area contributed by atoms with E-state index in [0.717, 1.165) is 17.1 Å². The quantitative estimate of drug-likeness (QED) is 0.156. The summed E-state index contributed by atoms with van der Waals surface area (Å²) in [5, 5.41) is 0. The van der Waals surface area contributed by atoms with Crippen LogP contribution in [0, 0.1) is 0 Å². The minimum Gasteiger partial charge on any atom is -0.310 e. The van der Waals surface area contributed by atoms with Crippen LogP contribution in [0.1, 0.15) is 49.9 Å². The molecule has 292 valence electrons. The Labute approximate surface area is 360 Å². The third kappa shape index (κ3) is 5.99. The molecule has 2 aliphatic rings. The smallest absolute Gasteiger partial charge is 0.0467 e. The van der Waals surface area contributed by atoms with Crippen LogP contribution in [0.3, 0.4) is 0 Å². The van der Waals surface area contributed by atoms with Crippen molar-refractivity contribution < 1.29 is 0 Å². The van der Waals surface area contributed by atoms with Gasteiger partial charge in [0, 0.05) is 27.9 Å². The summed E-state index contributed by atoms with van der Waals surface area (Å²) in [4.78, 5) is 2.43. The van der Waals surface area contributed by atoms with Gasteiger partial charge in [0.1, 0.15) is 0 Å². The summed E-state index contributed by atoms with van der Waals surface area (Å²) in [6.45, 7) is 9.43. The summed E-state index contributed by atoms with van der Waals surface area (Å²) in [7, 11) is 0. The van der Waals surface area contributed by atoms with E-state index in [-0.39, 0.29) is 10.8 Å². The molecule has 9 aromatic rings. The van der Waals surface area contributed by atoms with Crippen LogP contribution in [0.25, 0.3) is 66.8 Å². The third-order valence-electron chi connectivity index (χ3n) is 13.5. The van der Waals surface area contributed by atoms with Gasteiger partial charge < -0.3 is 4.90 Å². The molecule has 0 radical (unpaired) electrons. The van der Waals surface area contributed by atoms with Crippen molar-refractivity contribution in [3.63, 3.8) is 0 Å². The highest BCUT2D eigenvalue weighted by Gasteiger charge is 2.38. The predicted octanol–water partition coefficient (Wildman–Crippen LogP) is 16.4. The first-order valence-electron chi connectivity index (χ1n) is 21.5. The molecule has 0 heterocycles. The minimum absolute atomic E-state index is 0.0665. The van der Waals surface area contributed by atoms with Crippen molar-refractivity contribution in [1.29, 1.82) is 0 Å². The van der Waals surface area contributed by atoms with Crippen molar-refractivity contribution in [2.24, 2.45) is 0 Å². The highest BCUT2D eigenvalue weighted by Crippen LogP contribution is 2.54. The summed E-state index contributed by atoms with van der Waals surface area (Å²) in [6, 6.07) is 78.4. The topological polar surface area (TPSA) is 3.24 Å². The van der Waals surface area contributed by atoms with Crippen LogP contribution in [-0.2, 0) is 10.8 Å². The van der Waals surface area contributed by atoms with Crippen LogP contribution in [-0.4, -0.2) is 0 Å². The number of benzene rings is 9. The maximum absolute atomic E-state index is 2.43. The monoisotopic (exact) mass is 781 g/mol. The highest BCUT2D eigenvalue weighted by atomic mass is 15.1. The van der Waals surface area contributed by atoms with Crippen molar-refractivity contribution in [3.05, 3.63) is 235 Å². The van der Waals surface area contributed by atoms with Gasteiger partial charge in [-0.1, -0.05) is 204 Å². The molecule has 0 atom stereocenters. The van der Waals surface area contributed by atoms with Crippen molar-refractivity contribution in [2.75, 3.05) is 4.90 Å². The maximum atomic E-state index is 2.43. The Bertz CT molecular complexity index is 2960. The Morgan fingerprint density at radius 3 is 1.08 bits per heavy atom. The SMILES string of the molecule is CC1(C)c2ccccc2-c2c(-c3cccc(N(c4ccc(-c5ccc(-c6ccccc6)cc5)cc4)c4cccc(-c5cccc6c5-c5ccccc5C6(C)C)c4)c3)cccc21. The fourth-order valence-electron chi connectivity index (χ4n) is 10.4. The van der Waals surface area contributed by atoms with E-state index >= 15 is 0 Å². The Hall–Kier alpha value is -7.22. The number of fused-ring (bicyclic) bond motifs is 6. The van der Waals surface area contributed by atoms with Crippen molar-refractivity contribution in [1.82, 2.24) is 0 Å². The van der Waals surface area contributed by atoms with Crippen LogP contribution in [0.2, 0.25) is 0 Å². The molecule has 1 nitrogen and oxygen atoms in total. The second kappa shape index (κ2) is 14.2. The Morgan fingerprint density at radius 2 is 0.607 bits per heavy atom. The highest BCUT2D eigenvalue weighted by molar-refractivity contribution is 5.96. The van der Waals surface area contributed by atoms with E-state index in [1.165, 1.54) is 89.0 Å². The Morgan fingerprint density at radius 1 is 0.262 bits per heavy atom. The lowest BCUT2D eigenvalue weighted by molar-refractivity contribution is 0.660. The lowest BCUT2D eigenvalue weighted by atomic mass is 9.82.